The van der Waals surface area contributed by atoms with E-state index in [9.17, 15) is 13.2 Å². The van der Waals surface area contributed by atoms with E-state index in [2.05, 4.69) is 5.32 Å². The third-order valence-electron chi connectivity index (χ3n) is 5.28. The molecule has 5 nitrogen and oxygen atoms in total. The summed E-state index contributed by atoms with van der Waals surface area (Å²) in [5, 5.41) is 3.31. The quantitative estimate of drug-likeness (QED) is 0.539. The van der Waals surface area contributed by atoms with Crippen LogP contribution in [0.25, 0.3) is 0 Å². The number of nitrogens with zero attached hydrogens (tertiary/aromatic N) is 1. The maximum atomic E-state index is 13.5. The predicted molar refractivity (Wildman–Crippen MR) is 126 cm³/mol. The number of sulfonamides is 1. The Labute approximate surface area is 188 Å². The van der Waals surface area contributed by atoms with E-state index < -0.39 is 15.9 Å². The molecule has 3 aromatic carbocycles. The lowest BCUT2D eigenvalue weighted by Crippen LogP contribution is -2.38. The molecule has 0 heterocycles. The Balaban J connectivity index is 2.02. The zero-order valence-electron chi connectivity index (χ0n) is 17.9. The van der Waals surface area contributed by atoms with Crippen molar-refractivity contribution in [2.45, 2.75) is 32.6 Å². The van der Waals surface area contributed by atoms with Gasteiger partial charge >= 0.3 is 0 Å². The number of halogens is 1. The number of nitrogens with one attached hydrogen (secondary N) is 1. The number of aryl methyl sites for hydroxylation is 2. The molecule has 1 N–H and O–H groups in total. The second kappa shape index (κ2) is 9.12. The summed E-state index contributed by atoms with van der Waals surface area (Å²) in [4.78, 5) is 13.1. The molecule has 0 saturated heterocycles. The Morgan fingerprint density at radius 1 is 0.903 bits per heavy atom. The molecule has 0 saturated carbocycles. The molecule has 0 fully saturated rings. The van der Waals surface area contributed by atoms with Gasteiger partial charge in [-0.25, -0.2) is 8.42 Å². The maximum absolute atomic E-state index is 13.5. The van der Waals surface area contributed by atoms with E-state index in [1.807, 2.05) is 26.8 Å². The largest absolute Gasteiger partial charge is 0.324 e. The Kier molecular flexibility index (Phi) is 6.72. The minimum absolute atomic E-state index is 0.130. The van der Waals surface area contributed by atoms with E-state index in [-0.39, 0.29) is 11.4 Å². The van der Waals surface area contributed by atoms with Crippen molar-refractivity contribution in [1.29, 1.82) is 0 Å². The first kappa shape index (κ1) is 22.8. The zero-order chi connectivity index (χ0) is 22.8. The van der Waals surface area contributed by atoms with Gasteiger partial charge in [0.25, 0.3) is 10.0 Å². The molecular formula is C24H25ClN2O3S. The van der Waals surface area contributed by atoms with Crippen molar-refractivity contribution in [2.24, 2.45) is 0 Å². The molecule has 0 aliphatic carbocycles. The number of hydrogen-bond acceptors (Lipinski definition) is 3. The molecule has 1 amide bonds. The van der Waals surface area contributed by atoms with Gasteiger partial charge in [-0.3, -0.25) is 9.10 Å². The Bertz CT molecular complexity index is 1220. The molecule has 3 aromatic rings. The van der Waals surface area contributed by atoms with Gasteiger partial charge < -0.3 is 5.32 Å². The van der Waals surface area contributed by atoms with Crippen LogP contribution < -0.4 is 9.62 Å². The van der Waals surface area contributed by atoms with Crippen LogP contribution in [0.2, 0.25) is 5.02 Å². The predicted octanol–water partition coefficient (Wildman–Crippen LogP) is 5.41. The van der Waals surface area contributed by atoms with E-state index in [0.29, 0.717) is 16.4 Å². The topological polar surface area (TPSA) is 66.5 Å². The van der Waals surface area contributed by atoms with E-state index >= 15 is 0 Å². The van der Waals surface area contributed by atoms with Gasteiger partial charge in [0.05, 0.1) is 10.6 Å². The second-order valence-corrected chi connectivity index (χ2v) is 9.77. The number of rotatable bonds is 6. The van der Waals surface area contributed by atoms with Crippen LogP contribution in [-0.2, 0) is 14.8 Å². The van der Waals surface area contributed by atoms with Crippen LogP contribution in [0.1, 0.15) is 22.3 Å². The van der Waals surface area contributed by atoms with E-state index in [1.165, 1.54) is 0 Å². The number of carbonyl (C=O) groups excluding carboxylic acids is 1. The van der Waals surface area contributed by atoms with Crippen molar-refractivity contribution >= 4 is 38.9 Å². The maximum Gasteiger partial charge on any atom is 0.264 e. The summed E-state index contributed by atoms with van der Waals surface area (Å²) in [5.41, 5.74) is 4.42. The van der Waals surface area contributed by atoms with Crippen molar-refractivity contribution in [3.05, 3.63) is 87.9 Å². The fraction of sp³-hybridized carbons (Fsp3) is 0.208. The van der Waals surface area contributed by atoms with E-state index in [0.717, 1.165) is 26.6 Å². The average molecular weight is 457 g/mol. The lowest BCUT2D eigenvalue weighted by atomic mass is 10.1. The van der Waals surface area contributed by atoms with Crippen molar-refractivity contribution in [3.8, 4) is 0 Å². The van der Waals surface area contributed by atoms with Gasteiger partial charge in [-0.1, -0.05) is 47.5 Å². The summed E-state index contributed by atoms with van der Waals surface area (Å²) < 4.78 is 28.2. The van der Waals surface area contributed by atoms with Gasteiger partial charge in [-0.05, 0) is 74.7 Å². The van der Waals surface area contributed by atoms with Gasteiger partial charge in [0.1, 0.15) is 6.54 Å². The van der Waals surface area contributed by atoms with Crippen LogP contribution in [0, 0.1) is 27.7 Å². The fourth-order valence-electron chi connectivity index (χ4n) is 3.21. The highest BCUT2D eigenvalue weighted by molar-refractivity contribution is 7.92. The summed E-state index contributed by atoms with van der Waals surface area (Å²) in [7, 11) is -3.97. The summed E-state index contributed by atoms with van der Waals surface area (Å²) >= 11 is 6.14. The first-order valence-corrected chi connectivity index (χ1v) is 11.6. The molecule has 31 heavy (non-hydrogen) atoms. The van der Waals surface area contributed by atoms with Gasteiger partial charge in [0.2, 0.25) is 5.91 Å². The fourth-order valence-corrected chi connectivity index (χ4v) is 4.86. The van der Waals surface area contributed by atoms with Crippen molar-refractivity contribution < 1.29 is 13.2 Å². The average Bonchev–Trinajstić information content (AvgIpc) is 2.72. The zero-order valence-corrected chi connectivity index (χ0v) is 19.5. The number of carbonyl (C=O) groups is 1. The Morgan fingerprint density at radius 3 is 2.23 bits per heavy atom. The minimum Gasteiger partial charge on any atom is -0.324 e. The standard InChI is InChI=1S/C24H25ClN2O3S/c1-16-11-13-20(14-12-16)31(29,30)27(23-10-5-7-17(2)18(23)3)15-24(28)26-22-9-6-8-21(25)19(22)4/h5-14H,15H2,1-4H3,(H,26,28). The first-order chi connectivity index (χ1) is 14.6. The van der Waals surface area contributed by atoms with Crippen molar-refractivity contribution in [3.63, 3.8) is 0 Å². The Hall–Kier alpha value is -2.83. The van der Waals surface area contributed by atoms with Crippen LogP contribution in [0.15, 0.2) is 65.6 Å². The first-order valence-electron chi connectivity index (χ1n) is 9.82. The summed E-state index contributed by atoms with van der Waals surface area (Å²) in [5.74, 6) is -0.457. The van der Waals surface area contributed by atoms with Crippen LogP contribution in [0.5, 0.6) is 0 Å². The number of amides is 1. The molecule has 0 aliphatic rings. The highest BCUT2D eigenvalue weighted by atomic mass is 35.5. The van der Waals surface area contributed by atoms with Gasteiger partial charge in [-0.2, -0.15) is 0 Å². The molecule has 0 radical (unpaired) electrons. The van der Waals surface area contributed by atoms with Gasteiger partial charge in [0.15, 0.2) is 0 Å². The molecule has 162 valence electrons. The Morgan fingerprint density at radius 2 is 1.55 bits per heavy atom. The molecule has 0 bridgehead atoms. The molecular weight excluding hydrogens is 432 g/mol. The van der Waals surface area contributed by atoms with Crippen LogP contribution >= 0.6 is 11.6 Å². The minimum atomic E-state index is -3.97. The summed E-state index contributed by atoms with van der Waals surface area (Å²) in [6.07, 6.45) is 0. The normalized spacial score (nSPS) is 11.3. The van der Waals surface area contributed by atoms with Gasteiger partial charge in [-0.15, -0.1) is 0 Å². The number of benzene rings is 3. The molecule has 0 atom stereocenters. The molecule has 0 aliphatic heterocycles. The smallest absolute Gasteiger partial charge is 0.264 e. The molecule has 0 spiro atoms. The molecule has 0 unspecified atom stereocenters. The third-order valence-corrected chi connectivity index (χ3v) is 7.47. The van der Waals surface area contributed by atoms with Crippen LogP contribution in [0.4, 0.5) is 11.4 Å². The lowest BCUT2D eigenvalue weighted by Gasteiger charge is -2.26. The SMILES string of the molecule is Cc1ccc(S(=O)(=O)N(CC(=O)Nc2cccc(Cl)c2C)c2cccc(C)c2C)cc1. The van der Waals surface area contributed by atoms with Gasteiger partial charge in [0, 0.05) is 10.7 Å². The second-order valence-electron chi connectivity index (χ2n) is 7.50. The highest BCUT2D eigenvalue weighted by Crippen LogP contribution is 2.29. The summed E-state index contributed by atoms with van der Waals surface area (Å²) in [6, 6.07) is 17.2. The van der Waals surface area contributed by atoms with E-state index in [1.54, 1.807) is 61.5 Å². The van der Waals surface area contributed by atoms with E-state index in [4.69, 9.17) is 11.6 Å². The lowest BCUT2D eigenvalue weighted by molar-refractivity contribution is -0.114. The van der Waals surface area contributed by atoms with Crippen molar-refractivity contribution in [1.82, 2.24) is 0 Å². The summed E-state index contributed by atoms with van der Waals surface area (Å²) in [6.45, 7) is 7.07. The number of hydrogen-bond donors (Lipinski definition) is 1. The number of anilines is 2. The third kappa shape index (κ3) is 4.92. The molecule has 7 heteroatoms. The van der Waals surface area contributed by atoms with Crippen molar-refractivity contribution in [2.75, 3.05) is 16.2 Å². The van der Waals surface area contributed by atoms with Crippen LogP contribution in [0.3, 0.4) is 0 Å². The highest BCUT2D eigenvalue weighted by Gasteiger charge is 2.28. The van der Waals surface area contributed by atoms with Crippen LogP contribution in [-0.4, -0.2) is 20.9 Å². The monoisotopic (exact) mass is 456 g/mol. The molecule has 0 aromatic heterocycles. The molecule has 3 rings (SSSR count).